The Morgan fingerprint density at radius 2 is 2.18 bits per heavy atom. The summed E-state index contributed by atoms with van der Waals surface area (Å²) < 4.78 is 0. The molecule has 0 aliphatic heterocycles. The molecule has 17 heavy (non-hydrogen) atoms. The minimum absolute atomic E-state index is 0.0378. The molecule has 0 amide bonds. The van der Waals surface area contributed by atoms with Crippen LogP contribution in [0.1, 0.15) is 18.2 Å². The molecule has 0 aliphatic carbocycles. The summed E-state index contributed by atoms with van der Waals surface area (Å²) in [5, 5.41) is 32.1. The van der Waals surface area contributed by atoms with Crippen LogP contribution in [0.2, 0.25) is 5.15 Å². The van der Waals surface area contributed by atoms with E-state index in [1.807, 2.05) is 0 Å². The first-order chi connectivity index (χ1) is 8.06. The molecule has 0 saturated carbocycles. The quantitative estimate of drug-likeness (QED) is 0.321. The number of pyridine rings is 1. The molecule has 2 atom stereocenters. The van der Waals surface area contributed by atoms with E-state index in [1.165, 1.54) is 12.1 Å². The van der Waals surface area contributed by atoms with E-state index in [0.29, 0.717) is 0 Å². The van der Waals surface area contributed by atoms with Gasteiger partial charge in [0.15, 0.2) is 0 Å². The molecule has 0 aromatic carbocycles. The van der Waals surface area contributed by atoms with Crippen molar-refractivity contribution in [3.8, 4) is 5.75 Å². The van der Waals surface area contributed by atoms with E-state index in [4.69, 9.17) is 17.1 Å². The van der Waals surface area contributed by atoms with Gasteiger partial charge in [0.1, 0.15) is 22.7 Å². The van der Waals surface area contributed by atoms with E-state index >= 15 is 0 Å². The number of azide groups is 1. The predicted octanol–water partition coefficient (Wildman–Crippen LogP) is 1.54. The highest BCUT2D eigenvalue weighted by molar-refractivity contribution is 6.29. The Hall–Kier alpha value is -1.53. The van der Waals surface area contributed by atoms with Crippen molar-refractivity contribution in [1.29, 1.82) is 0 Å². The third-order valence-corrected chi connectivity index (χ3v) is 2.31. The maximum atomic E-state index is 9.73. The Morgan fingerprint density at radius 1 is 1.47 bits per heavy atom. The van der Waals surface area contributed by atoms with Crippen molar-refractivity contribution in [2.45, 2.75) is 18.6 Å². The lowest BCUT2D eigenvalue weighted by Crippen LogP contribution is -2.20. The van der Waals surface area contributed by atoms with Crippen LogP contribution in [0.3, 0.4) is 0 Å². The second-order valence-corrected chi connectivity index (χ2v) is 3.68. The Bertz CT molecular complexity index is 436. The molecule has 2 unspecified atom stereocenters. The normalized spacial score (nSPS) is 13.8. The topological polar surface area (TPSA) is 122 Å². The predicted molar refractivity (Wildman–Crippen MR) is 60.5 cm³/mol. The van der Waals surface area contributed by atoms with Gasteiger partial charge in [-0.05, 0) is 24.1 Å². The molecule has 8 heteroatoms. The fourth-order valence-electron chi connectivity index (χ4n) is 1.24. The Balaban J connectivity index is 2.76. The van der Waals surface area contributed by atoms with Gasteiger partial charge in [0, 0.05) is 11.5 Å². The zero-order valence-corrected chi connectivity index (χ0v) is 9.49. The summed E-state index contributed by atoms with van der Waals surface area (Å²) in [4.78, 5) is 6.24. The summed E-state index contributed by atoms with van der Waals surface area (Å²) in [5.41, 5.74) is 7.95. The van der Waals surface area contributed by atoms with Crippen LogP contribution in [0.25, 0.3) is 10.4 Å². The van der Waals surface area contributed by atoms with Gasteiger partial charge in [-0.3, -0.25) is 0 Å². The molecule has 3 N–H and O–H groups in total. The van der Waals surface area contributed by atoms with Crippen molar-refractivity contribution in [3.63, 3.8) is 0 Å². The molecule has 1 rings (SSSR count). The van der Waals surface area contributed by atoms with Gasteiger partial charge in [0.25, 0.3) is 0 Å². The standard InChI is InChI=1S/C9H11ClN4O3/c10-7-2-1-5(15)8(13-7)9(17)6(16)3-4-12-14-11/h1-2,6,9,15-17H,3-4H2. The van der Waals surface area contributed by atoms with Crippen LogP contribution in [0.15, 0.2) is 17.2 Å². The molecule has 0 radical (unpaired) electrons. The van der Waals surface area contributed by atoms with E-state index in [9.17, 15) is 15.3 Å². The summed E-state index contributed by atoms with van der Waals surface area (Å²) >= 11 is 5.61. The van der Waals surface area contributed by atoms with Gasteiger partial charge < -0.3 is 15.3 Å². The molecule has 1 aromatic rings. The van der Waals surface area contributed by atoms with Crippen LogP contribution in [0, 0.1) is 0 Å². The number of aliphatic hydroxyl groups is 2. The molecule has 0 saturated heterocycles. The van der Waals surface area contributed by atoms with Gasteiger partial charge in [0.2, 0.25) is 0 Å². The van der Waals surface area contributed by atoms with Crippen molar-refractivity contribution < 1.29 is 15.3 Å². The lowest BCUT2D eigenvalue weighted by Gasteiger charge is -2.17. The van der Waals surface area contributed by atoms with Crippen LogP contribution in [0.4, 0.5) is 0 Å². The smallest absolute Gasteiger partial charge is 0.140 e. The summed E-state index contributed by atoms with van der Waals surface area (Å²) in [6.45, 7) is 0.0378. The second-order valence-electron chi connectivity index (χ2n) is 3.29. The highest BCUT2D eigenvalue weighted by atomic mass is 35.5. The summed E-state index contributed by atoms with van der Waals surface area (Å²) in [6.07, 6.45) is -2.53. The third-order valence-electron chi connectivity index (χ3n) is 2.10. The average Bonchev–Trinajstić information content (AvgIpc) is 2.31. The van der Waals surface area contributed by atoms with Gasteiger partial charge in [-0.15, -0.1) is 0 Å². The number of aromatic nitrogens is 1. The summed E-state index contributed by atoms with van der Waals surface area (Å²) in [5.74, 6) is -0.260. The molecule has 0 spiro atoms. The zero-order chi connectivity index (χ0) is 12.8. The molecule has 0 aliphatic rings. The summed E-state index contributed by atoms with van der Waals surface area (Å²) in [6, 6.07) is 2.63. The first-order valence-corrected chi connectivity index (χ1v) is 5.16. The van der Waals surface area contributed by atoms with Crippen molar-refractivity contribution in [3.05, 3.63) is 33.4 Å². The first-order valence-electron chi connectivity index (χ1n) is 4.78. The fourth-order valence-corrected chi connectivity index (χ4v) is 1.39. The van der Waals surface area contributed by atoms with Crippen LogP contribution < -0.4 is 0 Å². The third kappa shape index (κ3) is 3.76. The number of halogens is 1. The Morgan fingerprint density at radius 3 is 2.82 bits per heavy atom. The largest absolute Gasteiger partial charge is 0.506 e. The fraction of sp³-hybridized carbons (Fsp3) is 0.444. The highest BCUT2D eigenvalue weighted by Crippen LogP contribution is 2.27. The molecule has 0 fully saturated rings. The minimum atomic E-state index is -1.39. The van der Waals surface area contributed by atoms with E-state index in [2.05, 4.69) is 15.0 Å². The van der Waals surface area contributed by atoms with Gasteiger partial charge in [-0.2, -0.15) is 0 Å². The van der Waals surface area contributed by atoms with E-state index < -0.39 is 12.2 Å². The van der Waals surface area contributed by atoms with Gasteiger partial charge in [0.05, 0.1) is 6.10 Å². The zero-order valence-electron chi connectivity index (χ0n) is 8.73. The number of aromatic hydroxyl groups is 1. The number of aliphatic hydroxyl groups excluding tert-OH is 2. The molecular weight excluding hydrogens is 248 g/mol. The number of rotatable bonds is 5. The van der Waals surface area contributed by atoms with E-state index in [1.54, 1.807) is 0 Å². The number of hydrogen-bond acceptors (Lipinski definition) is 5. The lowest BCUT2D eigenvalue weighted by molar-refractivity contribution is 0.0111. The van der Waals surface area contributed by atoms with E-state index in [0.717, 1.165) is 0 Å². The van der Waals surface area contributed by atoms with Crippen LogP contribution in [0.5, 0.6) is 5.75 Å². The van der Waals surface area contributed by atoms with Crippen molar-refractivity contribution >= 4 is 11.6 Å². The molecular formula is C9H11ClN4O3. The molecule has 0 bridgehead atoms. The Kier molecular flexibility index (Phi) is 4.99. The maximum absolute atomic E-state index is 9.73. The molecule has 7 nitrogen and oxygen atoms in total. The first kappa shape index (κ1) is 13.5. The van der Waals surface area contributed by atoms with E-state index in [-0.39, 0.29) is 29.6 Å². The monoisotopic (exact) mass is 258 g/mol. The molecule has 1 heterocycles. The van der Waals surface area contributed by atoms with Gasteiger partial charge in [-0.25, -0.2) is 4.98 Å². The molecule has 1 aromatic heterocycles. The van der Waals surface area contributed by atoms with Crippen molar-refractivity contribution in [2.24, 2.45) is 5.11 Å². The second kappa shape index (κ2) is 6.27. The van der Waals surface area contributed by atoms with Crippen LogP contribution in [-0.4, -0.2) is 33.0 Å². The highest BCUT2D eigenvalue weighted by Gasteiger charge is 2.22. The van der Waals surface area contributed by atoms with Gasteiger partial charge >= 0.3 is 0 Å². The lowest BCUT2D eigenvalue weighted by atomic mass is 10.1. The Labute approximate surface area is 102 Å². The van der Waals surface area contributed by atoms with Crippen LogP contribution >= 0.6 is 11.6 Å². The SMILES string of the molecule is [N-]=[N+]=NCCC(O)C(O)c1nc(Cl)ccc1O. The summed E-state index contributed by atoms with van der Waals surface area (Å²) in [7, 11) is 0. The van der Waals surface area contributed by atoms with Crippen molar-refractivity contribution in [1.82, 2.24) is 4.98 Å². The van der Waals surface area contributed by atoms with Crippen LogP contribution in [-0.2, 0) is 0 Å². The minimum Gasteiger partial charge on any atom is -0.506 e. The number of nitrogens with zero attached hydrogens (tertiary/aromatic N) is 4. The number of hydrogen-bond donors (Lipinski definition) is 3. The van der Waals surface area contributed by atoms with Gasteiger partial charge in [-0.1, -0.05) is 16.7 Å². The average molecular weight is 259 g/mol. The maximum Gasteiger partial charge on any atom is 0.140 e. The van der Waals surface area contributed by atoms with Crippen molar-refractivity contribution in [2.75, 3.05) is 6.54 Å². The molecule has 92 valence electrons.